The first kappa shape index (κ1) is 14.3. The minimum absolute atomic E-state index is 0.0439. The molecule has 1 N–H and O–H groups in total. The summed E-state index contributed by atoms with van der Waals surface area (Å²) in [6.07, 6.45) is 1.63. The minimum Gasteiger partial charge on any atom is -0.480 e. The molecule has 7 heteroatoms. The number of nitrogens with zero attached hydrogens (tertiary/aromatic N) is 2. The highest BCUT2D eigenvalue weighted by Gasteiger charge is 2.12. The van der Waals surface area contributed by atoms with Crippen LogP contribution in [0, 0.1) is 10.1 Å². The summed E-state index contributed by atoms with van der Waals surface area (Å²) in [5.74, 6) is 0.485. The van der Waals surface area contributed by atoms with E-state index >= 15 is 0 Å². The second-order valence-electron chi connectivity index (χ2n) is 3.96. The number of ether oxygens (including phenoxy) is 1. The summed E-state index contributed by atoms with van der Waals surface area (Å²) in [7, 11) is 1.54. The standard InChI is InChI=1S/C13H12BrN3O3/c1-20-13-11(3-2-6-15-13)16-8-9-4-5-10(14)12(7-9)17(18)19/h2-7,16H,8H2,1H3. The lowest BCUT2D eigenvalue weighted by Gasteiger charge is -2.09. The van der Waals surface area contributed by atoms with Crippen molar-refractivity contribution in [2.45, 2.75) is 6.54 Å². The molecule has 0 radical (unpaired) electrons. The van der Waals surface area contributed by atoms with Crippen LogP contribution in [-0.4, -0.2) is 17.0 Å². The van der Waals surface area contributed by atoms with E-state index in [2.05, 4.69) is 26.2 Å². The van der Waals surface area contributed by atoms with Crippen LogP contribution in [0.3, 0.4) is 0 Å². The number of methoxy groups -OCH3 is 1. The summed E-state index contributed by atoms with van der Waals surface area (Å²) in [5, 5.41) is 14.0. The highest BCUT2D eigenvalue weighted by atomic mass is 79.9. The van der Waals surface area contributed by atoms with Gasteiger partial charge in [0.15, 0.2) is 0 Å². The fourth-order valence-electron chi connectivity index (χ4n) is 1.69. The van der Waals surface area contributed by atoms with Gasteiger partial charge < -0.3 is 10.1 Å². The number of nitrogens with one attached hydrogen (secondary N) is 1. The number of benzene rings is 1. The van der Waals surface area contributed by atoms with Crippen molar-refractivity contribution in [3.8, 4) is 5.88 Å². The van der Waals surface area contributed by atoms with Crippen molar-refractivity contribution in [1.29, 1.82) is 0 Å². The van der Waals surface area contributed by atoms with Gasteiger partial charge in [-0.05, 0) is 39.7 Å². The molecule has 6 nitrogen and oxygen atoms in total. The molecular formula is C13H12BrN3O3. The van der Waals surface area contributed by atoms with Crippen LogP contribution >= 0.6 is 15.9 Å². The van der Waals surface area contributed by atoms with Crippen LogP contribution in [0.5, 0.6) is 5.88 Å². The predicted octanol–water partition coefficient (Wildman–Crippen LogP) is 3.37. The average Bonchev–Trinajstić information content (AvgIpc) is 2.46. The molecular weight excluding hydrogens is 326 g/mol. The zero-order chi connectivity index (χ0) is 14.5. The number of anilines is 1. The lowest BCUT2D eigenvalue weighted by atomic mass is 10.2. The molecule has 104 valence electrons. The van der Waals surface area contributed by atoms with E-state index in [0.717, 1.165) is 11.3 Å². The highest BCUT2D eigenvalue weighted by Crippen LogP contribution is 2.26. The maximum Gasteiger partial charge on any atom is 0.283 e. The van der Waals surface area contributed by atoms with Crippen LogP contribution in [0.4, 0.5) is 11.4 Å². The largest absolute Gasteiger partial charge is 0.480 e. The molecule has 0 aliphatic carbocycles. The van der Waals surface area contributed by atoms with E-state index < -0.39 is 4.92 Å². The molecule has 0 amide bonds. The molecule has 1 aromatic carbocycles. The Morgan fingerprint density at radius 3 is 2.95 bits per heavy atom. The zero-order valence-corrected chi connectivity index (χ0v) is 12.3. The van der Waals surface area contributed by atoms with E-state index in [-0.39, 0.29) is 5.69 Å². The van der Waals surface area contributed by atoms with Crippen molar-refractivity contribution in [2.24, 2.45) is 0 Å². The molecule has 0 aliphatic rings. The molecule has 0 saturated heterocycles. The molecule has 0 saturated carbocycles. The Morgan fingerprint density at radius 1 is 1.45 bits per heavy atom. The summed E-state index contributed by atoms with van der Waals surface area (Å²) in [5.41, 5.74) is 1.58. The average molecular weight is 338 g/mol. The Morgan fingerprint density at radius 2 is 2.25 bits per heavy atom. The first-order chi connectivity index (χ1) is 9.61. The Hall–Kier alpha value is -2.15. The third kappa shape index (κ3) is 3.24. The van der Waals surface area contributed by atoms with Crippen molar-refractivity contribution in [2.75, 3.05) is 12.4 Å². The van der Waals surface area contributed by atoms with E-state index in [4.69, 9.17) is 4.74 Å². The van der Waals surface area contributed by atoms with Crippen molar-refractivity contribution < 1.29 is 9.66 Å². The normalized spacial score (nSPS) is 10.1. The van der Waals surface area contributed by atoms with E-state index in [1.807, 2.05) is 12.1 Å². The third-order valence-electron chi connectivity index (χ3n) is 2.65. The van der Waals surface area contributed by atoms with Crippen LogP contribution in [-0.2, 0) is 6.54 Å². The molecule has 0 spiro atoms. The van der Waals surface area contributed by atoms with Gasteiger partial charge in [0.05, 0.1) is 22.2 Å². The van der Waals surface area contributed by atoms with Crippen LogP contribution in [0.1, 0.15) is 5.56 Å². The lowest BCUT2D eigenvalue weighted by molar-refractivity contribution is -0.385. The Bertz CT molecular complexity index is 634. The molecule has 1 aromatic heterocycles. The quantitative estimate of drug-likeness (QED) is 0.668. The van der Waals surface area contributed by atoms with Crippen LogP contribution < -0.4 is 10.1 Å². The second kappa shape index (κ2) is 6.33. The number of nitro benzene ring substituents is 1. The van der Waals surface area contributed by atoms with Crippen LogP contribution in [0.15, 0.2) is 41.0 Å². The van der Waals surface area contributed by atoms with Gasteiger partial charge in [0.25, 0.3) is 5.69 Å². The van der Waals surface area contributed by atoms with E-state index in [1.165, 1.54) is 13.2 Å². The summed E-state index contributed by atoms with van der Waals surface area (Å²) >= 11 is 3.16. The van der Waals surface area contributed by atoms with Gasteiger partial charge in [-0.25, -0.2) is 4.98 Å². The zero-order valence-electron chi connectivity index (χ0n) is 10.7. The Labute approximate surface area is 124 Å². The highest BCUT2D eigenvalue weighted by molar-refractivity contribution is 9.10. The van der Waals surface area contributed by atoms with Gasteiger partial charge in [-0.15, -0.1) is 0 Å². The smallest absolute Gasteiger partial charge is 0.283 e. The fourth-order valence-corrected chi connectivity index (χ4v) is 2.08. The molecule has 2 rings (SSSR count). The summed E-state index contributed by atoms with van der Waals surface area (Å²) in [4.78, 5) is 14.5. The topological polar surface area (TPSA) is 77.3 Å². The first-order valence-corrected chi connectivity index (χ1v) is 6.57. The van der Waals surface area contributed by atoms with Gasteiger partial charge in [-0.1, -0.05) is 6.07 Å². The molecule has 0 aliphatic heterocycles. The second-order valence-corrected chi connectivity index (χ2v) is 4.81. The summed E-state index contributed by atoms with van der Waals surface area (Å²) in [6.45, 7) is 0.441. The number of rotatable bonds is 5. The van der Waals surface area contributed by atoms with Crippen LogP contribution in [0.2, 0.25) is 0 Å². The fraction of sp³-hybridized carbons (Fsp3) is 0.154. The summed E-state index contributed by atoms with van der Waals surface area (Å²) < 4.78 is 5.59. The molecule has 0 fully saturated rings. The van der Waals surface area contributed by atoms with Gasteiger partial charge in [0.1, 0.15) is 0 Å². The summed E-state index contributed by atoms with van der Waals surface area (Å²) in [6, 6.07) is 8.62. The number of hydrogen-bond acceptors (Lipinski definition) is 5. The number of nitro groups is 1. The lowest BCUT2D eigenvalue weighted by Crippen LogP contribution is -2.03. The minimum atomic E-state index is -0.418. The monoisotopic (exact) mass is 337 g/mol. The maximum atomic E-state index is 10.9. The molecule has 20 heavy (non-hydrogen) atoms. The molecule has 0 bridgehead atoms. The number of hydrogen-bond donors (Lipinski definition) is 1. The molecule has 0 atom stereocenters. The Kier molecular flexibility index (Phi) is 4.52. The van der Waals surface area contributed by atoms with Gasteiger partial charge in [-0.2, -0.15) is 0 Å². The van der Waals surface area contributed by atoms with E-state index in [9.17, 15) is 10.1 Å². The predicted molar refractivity (Wildman–Crippen MR) is 78.9 cm³/mol. The first-order valence-electron chi connectivity index (χ1n) is 5.77. The van der Waals surface area contributed by atoms with E-state index in [1.54, 1.807) is 18.3 Å². The van der Waals surface area contributed by atoms with Crippen LogP contribution in [0.25, 0.3) is 0 Å². The number of aromatic nitrogens is 1. The van der Waals surface area contributed by atoms with E-state index in [0.29, 0.717) is 16.9 Å². The number of halogens is 1. The molecule has 2 aromatic rings. The van der Waals surface area contributed by atoms with Crippen molar-refractivity contribution in [1.82, 2.24) is 4.98 Å². The van der Waals surface area contributed by atoms with Crippen molar-refractivity contribution in [3.05, 3.63) is 56.7 Å². The number of pyridine rings is 1. The van der Waals surface area contributed by atoms with Gasteiger partial charge in [0.2, 0.25) is 5.88 Å². The molecule has 0 unspecified atom stereocenters. The third-order valence-corrected chi connectivity index (χ3v) is 3.33. The van der Waals surface area contributed by atoms with Crippen molar-refractivity contribution >= 4 is 27.3 Å². The van der Waals surface area contributed by atoms with Gasteiger partial charge in [-0.3, -0.25) is 10.1 Å². The van der Waals surface area contributed by atoms with Gasteiger partial charge >= 0.3 is 0 Å². The maximum absolute atomic E-state index is 10.9. The van der Waals surface area contributed by atoms with Crippen molar-refractivity contribution in [3.63, 3.8) is 0 Å². The van der Waals surface area contributed by atoms with Gasteiger partial charge in [0, 0.05) is 18.8 Å². The molecule has 1 heterocycles. The Balaban J connectivity index is 2.15. The SMILES string of the molecule is COc1ncccc1NCc1ccc(Br)c([N+](=O)[O-])c1.